The number of nitrogens with zero attached hydrogens (tertiary/aromatic N) is 1. The standard InChI is InChI=1S/C16H24N2O3/c1-3-10-18-11-8-16(9-12-18,15(19)20)17-13-6-4-5-7-14(13)21-2/h4-7,17H,3,8-12H2,1-2H3,(H,19,20). The van der Waals surface area contributed by atoms with Gasteiger partial charge in [-0.05, 0) is 37.9 Å². The molecule has 0 amide bonds. The number of hydrogen-bond acceptors (Lipinski definition) is 4. The molecule has 2 N–H and O–H groups in total. The average molecular weight is 292 g/mol. The van der Waals surface area contributed by atoms with E-state index in [0.717, 1.165) is 31.7 Å². The lowest BCUT2D eigenvalue weighted by molar-refractivity contribution is -0.144. The second-order valence-corrected chi connectivity index (χ2v) is 5.55. The number of carbonyl (C=O) groups is 1. The molecule has 1 aliphatic heterocycles. The molecule has 0 bridgehead atoms. The molecule has 1 heterocycles. The van der Waals surface area contributed by atoms with Gasteiger partial charge in [0.25, 0.3) is 0 Å². The van der Waals surface area contributed by atoms with Crippen LogP contribution < -0.4 is 10.1 Å². The lowest BCUT2D eigenvalue weighted by Crippen LogP contribution is -2.54. The third kappa shape index (κ3) is 3.47. The maximum absolute atomic E-state index is 11.8. The summed E-state index contributed by atoms with van der Waals surface area (Å²) in [5.41, 5.74) is -0.162. The first-order valence-electron chi connectivity index (χ1n) is 7.48. The Morgan fingerprint density at radius 1 is 1.38 bits per heavy atom. The minimum atomic E-state index is -0.904. The number of anilines is 1. The molecule has 0 unspecified atom stereocenters. The van der Waals surface area contributed by atoms with Gasteiger partial charge in [0.1, 0.15) is 11.3 Å². The average Bonchev–Trinajstić information content (AvgIpc) is 2.50. The van der Waals surface area contributed by atoms with Crippen LogP contribution in [0.1, 0.15) is 26.2 Å². The summed E-state index contributed by atoms with van der Waals surface area (Å²) in [6, 6.07) is 7.46. The number of methoxy groups -OCH3 is 1. The molecule has 116 valence electrons. The molecule has 0 saturated carbocycles. The summed E-state index contributed by atoms with van der Waals surface area (Å²) in [6.45, 7) is 4.79. The molecule has 1 aliphatic rings. The van der Waals surface area contributed by atoms with E-state index < -0.39 is 11.5 Å². The number of aliphatic carboxylic acids is 1. The van der Waals surface area contributed by atoms with Gasteiger partial charge < -0.3 is 20.1 Å². The fourth-order valence-corrected chi connectivity index (χ4v) is 2.87. The molecule has 1 aromatic carbocycles. The van der Waals surface area contributed by atoms with Crippen LogP contribution in [0.2, 0.25) is 0 Å². The van der Waals surface area contributed by atoms with Crippen LogP contribution in [0.5, 0.6) is 5.75 Å². The molecule has 21 heavy (non-hydrogen) atoms. The second kappa shape index (κ2) is 6.80. The van der Waals surface area contributed by atoms with Crippen LogP contribution in [0.4, 0.5) is 5.69 Å². The van der Waals surface area contributed by atoms with E-state index in [4.69, 9.17) is 4.74 Å². The van der Waals surface area contributed by atoms with E-state index in [1.807, 2.05) is 24.3 Å². The summed E-state index contributed by atoms with van der Waals surface area (Å²) < 4.78 is 5.31. The van der Waals surface area contributed by atoms with Crippen LogP contribution >= 0.6 is 0 Å². The van der Waals surface area contributed by atoms with Gasteiger partial charge in [0.2, 0.25) is 0 Å². The van der Waals surface area contributed by atoms with Crippen molar-refractivity contribution in [2.75, 3.05) is 32.1 Å². The Morgan fingerprint density at radius 2 is 2.05 bits per heavy atom. The Morgan fingerprint density at radius 3 is 2.62 bits per heavy atom. The number of piperidine rings is 1. The lowest BCUT2D eigenvalue weighted by atomic mass is 9.87. The van der Waals surface area contributed by atoms with Crippen molar-refractivity contribution < 1.29 is 14.6 Å². The van der Waals surface area contributed by atoms with Gasteiger partial charge in [-0.15, -0.1) is 0 Å². The molecule has 1 aromatic rings. The quantitative estimate of drug-likeness (QED) is 0.843. The Bertz CT molecular complexity index is 482. The fourth-order valence-electron chi connectivity index (χ4n) is 2.87. The molecule has 5 nitrogen and oxygen atoms in total. The normalized spacial score (nSPS) is 18.2. The molecule has 1 saturated heterocycles. The second-order valence-electron chi connectivity index (χ2n) is 5.55. The third-order valence-electron chi connectivity index (χ3n) is 4.14. The molecule has 0 aliphatic carbocycles. The van der Waals surface area contributed by atoms with Gasteiger partial charge in [0.15, 0.2) is 0 Å². The zero-order valence-electron chi connectivity index (χ0n) is 12.8. The van der Waals surface area contributed by atoms with E-state index >= 15 is 0 Å². The number of ether oxygens (including phenoxy) is 1. The number of nitrogens with one attached hydrogen (secondary N) is 1. The van der Waals surface area contributed by atoms with Crippen molar-refractivity contribution in [1.29, 1.82) is 0 Å². The van der Waals surface area contributed by atoms with Gasteiger partial charge in [-0.3, -0.25) is 0 Å². The highest BCUT2D eigenvalue weighted by molar-refractivity contribution is 5.83. The third-order valence-corrected chi connectivity index (χ3v) is 4.14. The Labute approximate surface area is 125 Å². The largest absolute Gasteiger partial charge is 0.495 e. The predicted octanol–water partition coefficient (Wildman–Crippen LogP) is 2.44. The van der Waals surface area contributed by atoms with Crippen molar-refractivity contribution in [3.8, 4) is 5.75 Å². The van der Waals surface area contributed by atoms with E-state index in [9.17, 15) is 9.90 Å². The highest BCUT2D eigenvalue weighted by atomic mass is 16.5. The zero-order valence-corrected chi connectivity index (χ0v) is 12.8. The number of carboxylic acids is 1. The van der Waals surface area contributed by atoms with E-state index in [0.29, 0.717) is 18.6 Å². The number of rotatable bonds is 6. The van der Waals surface area contributed by atoms with Crippen molar-refractivity contribution in [3.05, 3.63) is 24.3 Å². The van der Waals surface area contributed by atoms with Crippen molar-refractivity contribution >= 4 is 11.7 Å². The predicted molar refractivity (Wildman–Crippen MR) is 82.9 cm³/mol. The molecule has 0 spiro atoms. The first kappa shape index (κ1) is 15.6. The van der Waals surface area contributed by atoms with E-state index in [1.165, 1.54) is 0 Å². The maximum atomic E-state index is 11.8. The summed E-state index contributed by atoms with van der Waals surface area (Å²) in [6.07, 6.45) is 2.29. The lowest BCUT2D eigenvalue weighted by Gasteiger charge is -2.40. The molecule has 0 radical (unpaired) electrons. The van der Waals surface area contributed by atoms with Gasteiger partial charge in [0, 0.05) is 13.1 Å². The van der Waals surface area contributed by atoms with E-state index in [1.54, 1.807) is 7.11 Å². The van der Waals surface area contributed by atoms with Crippen LogP contribution in [0.3, 0.4) is 0 Å². The highest BCUT2D eigenvalue weighted by Crippen LogP contribution is 2.32. The summed E-state index contributed by atoms with van der Waals surface area (Å²) in [5.74, 6) is -0.112. The molecule has 0 atom stereocenters. The first-order valence-corrected chi connectivity index (χ1v) is 7.48. The van der Waals surface area contributed by atoms with Crippen LogP contribution in [0, 0.1) is 0 Å². The number of hydrogen-bond donors (Lipinski definition) is 2. The minimum absolute atomic E-state index is 0.598. The molecular formula is C16H24N2O3. The molecule has 2 rings (SSSR count). The minimum Gasteiger partial charge on any atom is -0.495 e. The van der Waals surface area contributed by atoms with Crippen LogP contribution in [0.25, 0.3) is 0 Å². The summed E-state index contributed by atoms with van der Waals surface area (Å²) >= 11 is 0. The number of likely N-dealkylation sites (tertiary alicyclic amines) is 1. The summed E-state index contributed by atoms with van der Waals surface area (Å²) in [5, 5.41) is 12.9. The molecule has 5 heteroatoms. The summed E-state index contributed by atoms with van der Waals surface area (Å²) in [4.78, 5) is 14.1. The monoisotopic (exact) mass is 292 g/mol. The molecule has 0 aromatic heterocycles. The Balaban J connectivity index is 2.15. The maximum Gasteiger partial charge on any atom is 0.329 e. The SMILES string of the molecule is CCCN1CCC(Nc2ccccc2OC)(C(=O)O)CC1. The number of carboxylic acid groups (broad SMARTS) is 1. The van der Waals surface area contributed by atoms with Gasteiger partial charge >= 0.3 is 5.97 Å². The number of para-hydroxylation sites is 2. The van der Waals surface area contributed by atoms with Gasteiger partial charge in [-0.1, -0.05) is 19.1 Å². The molecular weight excluding hydrogens is 268 g/mol. The molecule has 1 fully saturated rings. The summed E-state index contributed by atoms with van der Waals surface area (Å²) in [7, 11) is 1.60. The van der Waals surface area contributed by atoms with Crippen molar-refractivity contribution in [3.63, 3.8) is 0 Å². The Hall–Kier alpha value is -1.75. The zero-order chi connectivity index (χ0) is 15.3. The van der Waals surface area contributed by atoms with Crippen molar-refractivity contribution in [1.82, 2.24) is 4.90 Å². The Kier molecular flexibility index (Phi) is 5.07. The van der Waals surface area contributed by atoms with Crippen LogP contribution in [0.15, 0.2) is 24.3 Å². The first-order chi connectivity index (χ1) is 10.1. The smallest absolute Gasteiger partial charge is 0.329 e. The van der Waals surface area contributed by atoms with Crippen LogP contribution in [-0.4, -0.2) is 48.3 Å². The van der Waals surface area contributed by atoms with Crippen molar-refractivity contribution in [2.24, 2.45) is 0 Å². The fraction of sp³-hybridized carbons (Fsp3) is 0.562. The van der Waals surface area contributed by atoms with Crippen molar-refractivity contribution in [2.45, 2.75) is 31.7 Å². The number of benzene rings is 1. The van der Waals surface area contributed by atoms with E-state index in [-0.39, 0.29) is 0 Å². The highest BCUT2D eigenvalue weighted by Gasteiger charge is 2.41. The van der Waals surface area contributed by atoms with E-state index in [2.05, 4.69) is 17.1 Å². The van der Waals surface area contributed by atoms with Crippen LogP contribution in [-0.2, 0) is 4.79 Å². The van der Waals surface area contributed by atoms with Gasteiger partial charge in [-0.25, -0.2) is 4.79 Å². The topological polar surface area (TPSA) is 61.8 Å². The van der Waals surface area contributed by atoms with Gasteiger partial charge in [0.05, 0.1) is 12.8 Å². The van der Waals surface area contributed by atoms with Gasteiger partial charge in [-0.2, -0.15) is 0 Å².